The summed E-state index contributed by atoms with van der Waals surface area (Å²) in [6, 6.07) is 60.9. The lowest BCUT2D eigenvalue weighted by Gasteiger charge is -2.14. The minimum atomic E-state index is 0.642. The lowest BCUT2D eigenvalue weighted by Crippen LogP contribution is -1.97. The van der Waals surface area contributed by atoms with Crippen LogP contribution in [0.2, 0.25) is 0 Å². The molecule has 0 saturated heterocycles. The van der Waals surface area contributed by atoms with Crippen molar-refractivity contribution in [2.45, 2.75) is 0 Å². The summed E-state index contributed by atoms with van der Waals surface area (Å²) in [5.41, 5.74) is 14.6. The quantitative estimate of drug-likeness (QED) is 0.171. The number of furan rings is 2. The van der Waals surface area contributed by atoms with E-state index < -0.39 is 0 Å². The summed E-state index contributed by atoms with van der Waals surface area (Å²) in [7, 11) is 0. The van der Waals surface area contributed by atoms with Gasteiger partial charge in [0.1, 0.15) is 22.3 Å². The fourth-order valence-electron chi connectivity index (χ4n) is 7.78. The summed E-state index contributed by atoms with van der Waals surface area (Å²) in [6.07, 6.45) is 3.64. The maximum Gasteiger partial charge on any atom is 0.160 e. The van der Waals surface area contributed by atoms with Crippen LogP contribution in [0.25, 0.3) is 111 Å². The topological polar surface area (TPSA) is 65.0 Å². The van der Waals surface area contributed by atoms with E-state index in [1.54, 1.807) is 0 Å². The van der Waals surface area contributed by atoms with Gasteiger partial charge in [0, 0.05) is 50.6 Å². The second kappa shape index (κ2) is 13.0. The Balaban J connectivity index is 1.13. The highest BCUT2D eigenvalue weighted by molar-refractivity contribution is 6.07. The van der Waals surface area contributed by atoms with E-state index in [0.717, 1.165) is 105 Å². The molecule has 5 nitrogen and oxygen atoms in total. The van der Waals surface area contributed by atoms with Gasteiger partial charge < -0.3 is 8.83 Å². The molecule has 262 valence electrons. The van der Waals surface area contributed by atoms with Crippen LogP contribution >= 0.6 is 0 Å². The van der Waals surface area contributed by atoms with Gasteiger partial charge in [-0.3, -0.25) is 4.98 Å². The fourth-order valence-corrected chi connectivity index (χ4v) is 7.78. The van der Waals surface area contributed by atoms with Gasteiger partial charge in [0.05, 0.1) is 11.4 Å². The molecular weight excluding hydrogens is 687 g/mol. The summed E-state index contributed by atoms with van der Waals surface area (Å²) in [5.74, 6) is 0.642. The van der Waals surface area contributed by atoms with Crippen molar-refractivity contribution in [1.29, 1.82) is 0 Å². The third kappa shape index (κ3) is 5.62. The molecule has 56 heavy (non-hydrogen) atoms. The van der Waals surface area contributed by atoms with Gasteiger partial charge in [0.25, 0.3) is 0 Å². The molecule has 7 aromatic carbocycles. The summed E-state index contributed by atoms with van der Waals surface area (Å²) in [5, 5.41) is 4.34. The van der Waals surface area contributed by atoms with Crippen molar-refractivity contribution in [3.05, 3.63) is 188 Å². The monoisotopic (exact) mass is 717 g/mol. The second-order valence-corrected chi connectivity index (χ2v) is 14.1. The first-order chi connectivity index (χ1) is 27.7. The summed E-state index contributed by atoms with van der Waals surface area (Å²) >= 11 is 0. The minimum Gasteiger partial charge on any atom is -0.456 e. The van der Waals surface area contributed by atoms with Gasteiger partial charge in [-0.2, -0.15) is 0 Å². The molecule has 0 bridgehead atoms. The van der Waals surface area contributed by atoms with Gasteiger partial charge in [-0.05, 0) is 112 Å². The fraction of sp³-hybridized carbons (Fsp3) is 0. The van der Waals surface area contributed by atoms with E-state index in [2.05, 4.69) is 126 Å². The molecule has 0 atom stereocenters. The van der Waals surface area contributed by atoms with E-state index in [-0.39, 0.29) is 0 Å². The highest BCUT2D eigenvalue weighted by Gasteiger charge is 2.17. The Kier molecular flexibility index (Phi) is 7.42. The van der Waals surface area contributed by atoms with E-state index in [0.29, 0.717) is 5.82 Å². The maximum atomic E-state index is 6.21. The molecule has 0 aliphatic heterocycles. The summed E-state index contributed by atoms with van der Waals surface area (Å²) in [6.45, 7) is 0. The minimum absolute atomic E-state index is 0.642. The van der Waals surface area contributed by atoms with Crippen molar-refractivity contribution in [2.75, 3.05) is 0 Å². The van der Waals surface area contributed by atoms with Gasteiger partial charge in [0.15, 0.2) is 5.82 Å². The zero-order valence-electron chi connectivity index (χ0n) is 30.1. The molecule has 11 aromatic rings. The lowest BCUT2D eigenvalue weighted by molar-refractivity contribution is 0.668. The average Bonchev–Trinajstić information content (AvgIpc) is 3.84. The molecule has 5 heteroatoms. The number of pyridine rings is 1. The normalized spacial score (nSPS) is 11.6. The Labute approximate surface area is 322 Å². The largest absolute Gasteiger partial charge is 0.456 e. The highest BCUT2D eigenvalue weighted by atomic mass is 16.3. The number of aromatic nitrogens is 3. The lowest BCUT2D eigenvalue weighted by atomic mass is 9.94. The number of hydrogen-bond acceptors (Lipinski definition) is 5. The molecule has 0 aliphatic rings. The summed E-state index contributed by atoms with van der Waals surface area (Å²) in [4.78, 5) is 14.8. The summed E-state index contributed by atoms with van der Waals surface area (Å²) < 4.78 is 12.4. The Morgan fingerprint density at radius 1 is 0.286 bits per heavy atom. The molecule has 0 amide bonds. The van der Waals surface area contributed by atoms with E-state index >= 15 is 0 Å². The van der Waals surface area contributed by atoms with Gasteiger partial charge in [-0.1, -0.05) is 97.1 Å². The molecular formula is C51H31N3O2. The first-order valence-corrected chi connectivity index (χ1v) is 18.6. The third-order valence-electron chi connectivity index (χ3n) is 10.6. The Morgan fingerprint density at radius 3 is 1.41 bits per heavy atom. The van der Waals surface area contributed by atoms with Gasteiger partial charge in [0.2, 0.25) is 0 Å². The van der Waals surface area contributed by atoms with Crippen molar-refractivity contribution in [3.8, 4) is 67.3 Å². The van der Waals surface area contributed by atoms with Crippen LogP contribution in [0.5, 0.6) is 0 Å². The molecule has 0 radical (unpaired) electrons. The standard InChI is InChI=1S/C51H31N3O2/c1-2-9-33(10-3-1)45-31-46(37-12-8-11-34(25-37)32-21-23-52-24-22-32)54-51(53-45)40-27-38(35-17-19-49-43(29-35)41-13-4-6-15-47(41)55-49)26-39(28-40)36-18-20-50-44(30-36)42-14-5-7-16-48(42)56-50/h1-31H. The van der Waals surface area contributed by atoms with Crippen LogP contribution in [0.1, 0.15) is 0 Å². The van der Waals surface area contributed by atoms with Gasteiger partial charge >= 0.3 is 0 Å². The van der Waals surface area contributed by atoms with Crippen LogP contribution in [-0.2, 0) is 0 Å². The van der Waals surface area contributed by atoms with Crippen molar-refractivity contribution >= 4 is 43.9 Å². The van der Waals surface area contributed by atoms with Gasteiger partial charge in [-0.15, -0.1) is 0 Å². The van der Waals surface area contributed by atoms with Crippen LogP contribution in [0.4, 0.5) is 0 Å². The molecule has 0 unspecified atom stereocenters. The first kappa shape index (κ1) is 31.9. The van der Waals surface area contributed by atoms with Crippen molar-refractivity contribution < 1.29 is 8.83 Å². The van der Waals surface area contributed by atoms with E-state index in [9.17, 15) is 0 Å². The molecule has 4 aromatic heterocycles. The number of rotatable bonds is 6. The predicted octanol–water partition coefficient (Wildman–Crippen LogP) is 13.7. The average molecular weight is 718 g/mol. The maximum absolute atomic E-state index is 6.21. The Bertz CT molecular complexity index is 3120. The van der Waals surface area contributed by atoms with Crippen molar-refractivity contribution in [2.24, 2.45) is 0 Å². The van der Waals surface area contributed by atoms with Crippen LogP contribution in [-0.4, -0.2) is 15.0 Å². The van der Waals surface area contributed by atoms with E-state index in [4.69, 9.17) is 18.8 Å². The smallest absolute Gasteiger partial charge is 0.160 e. The van der Waals surface area contributed by atoms with E-state index in [1.807, 2.05) is 67.0 Å². The van der Waals surface area contributed by atoms with E-state index in [1.165, 1.54) is 0 Å². The molecule has 4 heterocycles. The number of hydrogen-bond donors (Lipinski definition) is 0. The highest BCUT2D eigenvalue weighted by Crippen LogP contribution is 2.39. The Morgan fingerprint density at radius 2 is 0.768 bits per heavy atom. The first-order valence-electron chi connectivity index (χ1n) is 18.6. The number of para-hydroxylation sites is 2. The molecule has 11 rings (SSSR count). The van der Waals surface area contributed by atoms with Crippen molar-refractivity contribution in [1.82, 2.24) is 15.0 Å². The van der Waals surface area contributed by atoms with Crippen LogP contribution in [0.3, 0.4) is 0 Å². The molecule has 0 aliphatic carbocycles. The van der Waals surface area contributed by atoms with Crippen LogP contribution in [0, 0.1) is 0 Å². The molecule has 0 N–H and O–H groups in total. The van der Waals surface area contributed by atoms with Crippen molar-refractivity contribution in [3.63, 3.8) is 0 Å². The second-order valence-electron chi connectivity index (χ2n) is 14.1. The molecule has 0 saturated carbocycles. The predicted molar refractivity (Wildman–Crippen MR) is 227 cm³/mol. The third-order valence-corrected chi connectivity index (χ3v) is 10.6. The number of benzene rings is 7. The molecule has 0 spiro atoms. The van der Waals surface area contributed by atoms with Gasteiger partial charge in [-0.25, -0.2) is 9.97 Å². The molecule has 0 fully saturated rings. The van der Waals surface area contributed by atoms with Crippen LogP contribution < -0.4 is 0 Å². The van der Waals surface area contributed by atoms with Crippen LogP contribution in [0.15, 0.2) is 197 Å². The zero-order valence-corrected chi connectivity index (χ0v) is 30.1. The Hall–Kier alpha value is -7.63. The number of nitrogens with zero attached hydrogens (tertiary/aromatic N) is 3. The SMILES string of the molecule is c1ccc(-c2cc(-c3cccc(-c4ccncc4)c3)nc(-c3cc(-c4ccc5oc6ccccc6c5c4)cc(-c4ccc5oc6ccccc6c5c4)c3)n2)cc1. The number of fused-ring (bicyclic) bond motifs is 6. The zero-order chi connectivity index (χ0) is 37.0.